The van der Waals surface area contributed by atoms with E-state index >= 15 is 0 Å². The number of aromatic nitrogens is 4. The van der Waals surface area contributed by atoms with Gasteiger partial charge in [-0.1, -0.05) is 0 Å². The van der Waals surface area contributed by atoms with E-state index < -0.39 is 29.6 Å². The zero-order chi connectivity index (χ0) is 28.5. The molecule has 0 spiro atoms. The van der Waals surface area contributed by atoms with Crippen molar-refractivity contribution in [1.82, 2.24) is 24.6 Å². The molecular formula is C23H23F6N5O5. The van der Waals surface area contributed by atoms with Gasteiger partial charge in [0, 0.05) is 38.4 Å². The molecule has 1 unspecified atom stereocenters. The van der Waals surface area contributed by atoms with E-state index in [2.05, 4.69) is 15.1 Å². The standard InChI is InChI=1S/C21H22F3N5O3.C2HF3O2/c1-11(28-9-13(10-28)32-18-7-16(23)15(22)6-17(18)24)19-26-20-14(21(30)27-19)8-25-29(20)12-2-4-31-5-3-12;3-2(4,5)1(6)7/h6-8,11-13H,2-5,9-10H2,1H3,(H,26,27,30);(H,6,7). The van der Waals surface area contributed by atoms with Gasteiger partial charge in [0.2, 0.25) is 0 Å². The number of nitrogens with zero attached hydrogens (tertiary/aromatic N) is 4. The summed E-state index contributed by atoms with van der Waals surface area (Å²) in [4.78, 5) is 31.0. The van der Waals surface area contributed by atoms with Gasteiger partial charge in [-0.2, -0.15) is 18.3 Å². The first-order valence-electron chi connectivity index (χ1n) is 11.8. The zero-order valence-electron chi connectivity index (χ0n) is 20.3. The van der Waals surface area contributed by atoms with Crippen molar-refractivity contribution in [3.05, 3.63) is 52.0 Å². The number of likely N-dealkylation sites (tertiary alicyclic amines) is 1. The minimum atomic E-state index is -5.08. The van der Waals surface area contributed by atoms with Crippen LogP contribution in [-0.4, -0.2) is 74.3 Å². The van der Waals surface area contributed by atoms with Crippen LogP contribution in [0.5, 0.6) is 5.75 Å². The highest BCUT2D eigenvalue weighted by molar-refractivity contribution is 5.73. The van der Waals surface area contributed by atoms with E-state index in [1.165, 1.54) is 6.20 Å². The van der Waals surface area contributed by atoms with Gasteiger partial charge in [0.05, 0.1) is 18.3 Å². The van der Waals surface area contributed by atoms with Crippen molar-refractivity contribution in [3.63, 3.8) is 0 Å². The second-order valence-corrected chi connectivity index (χ2v) is 8.99. The van der Waals surface area contributed by atoms with Gasteiger partial charge in [-0.15, -0.1) is 0 Å². The molecule has 2 saturated heterocycles. The van der Waals surface area contributed by atoms with Gasteiger partial charge >= 0.3 is 12.1 Å². The highest BCUT2D eigenvalue weighted by atomic mass is 19.4. The van der Waals surface area contributed by atoms with Crippen LogP contribution in [0, 0.1) is 17.5 Å². The van der Waals surface area contributed by atoms with E-state index in [0.717, 1.165) is 12.8 Å². The predicted molar refractivity (Wildman–Crippen MR) is 122 cm³/mol. The summed E-state index contributed by atoms with van der Waals surface area (Å²) in [6.45, 7) is 4.02. The van der Waals surface area contributed by atoms with Crippen LogP contribution in [0.15, 0.2) is 23.1 Å². The topological polar surface area (TPSA) is 123 Å². The summed E-state index contributed by atoms with van der Waals surface area (Å²) in [5.74, 6) is -5.96. The molecule has 2 aromatic heterocycles. The molecule has 2 aliphatic heterocycles. The van der Waals surface area contributed by atoms with Gasteiger partial charge in [0.25, 0.3) is 5.56 Å². The third-order valence-corrected chi connectivity index (χ3v) is 6.35. The fourth-order valence-electron chi connectivity index (χ4n) is 4.16. The number of carbonyl (C=O) groups is 1. The Balaban J connectivity index is 0.000000448. The highest BCUT2D eigenvalue weighted by Crippen LogP contribution is 2.29. The van der Waals surface area contributed by atoms with Crippen LogP contribution in [-0.2, 0) is 9.53 Å². The monoisotopic (exact) mass is 563 g/mol. The number of ether oxygens (including phenoxy) is 2. The number of carboxylic acids is 1. The fraction of sp³-hybridized carbons (Fsp3) is 0.478. The number of carboxylic acid groups (broad SMARTS) is 1. The number of alkyl halides is 3. The normalized spacial score (nSPS) is 17.8. The number of nitrogens with one attached hydrogen (secondary N) is 1. The molecule has 2 fully saturated rings. The van der Waals surface area contributed by atoms with Gasteiger partial charge in [0.1, 0.15) is 17.3 Å². The molecule has 1 aromatic carbocycles. The maximum absolute atomic E-state index is 13.8. The van der Waals surface area contributed by atoms with Gasteiger partial charge < -0.3 is 19.6 Å². The molecule has 0 radical (unpaired) electrons. The molecule has 39 heavy (non-hydrogen) atoms. The van der Waals surface area contributed by atoms with E-state index in [9.17, 15) is 31.1 Å². The Bertz CT molecular complexity index is 1400. The van der Waals surface area contributed by atoms with Crippen molar-refractivity contribution >= 4 is 17.0 Å². The molecule has 10 nitrogen and oxygen atoms in total. The lowest BCUT2D eigenvalue weighted by molar-refractivity contribution is -0.192. The first-order valence-corrected chi connectivity index (χ1v) is 11.8. The van der Waals surface area contributed by atoms with Crippen molar-refractivity contribution in [3.8, 4) is 5.75 Å². The Morgan fingerprint density at radius 1 is 1.15 bits per heavy atom. The molecule has 3 aromatic rings. The fourth-order valence-corrected chi connectivity index (χ4v) is 4.16. The highest BCUT2D eigenvalue weighted by Gasteiger charge is 2.38. The van der Waals surface area contributed by atoms with Crippen LogP contribution in [0.4, 0.5) is 26.3 Å². The number of halogens is 6. The van der Waals surface area contributed by atoms with Gasteiger partial charge in [-0.05, 0) is 19.8 Å². The molecule has 5 rings (SSSR count). The van der Waals surface area contributed by atoms with Crippen molar-refractivity contribution < 1.29 is 45.7 Å². The number of benzene rings is 1. The number of aliphatic carboxylic acids is 1. The predicted octanol–water partition coefficient (Wildman–Crippen LogP) is 3.35. The van der Waals surface area contributed by atoms with Gasteiger partial charge in [-0.25, -0.2) is 27.6 Å². The van der Waals surface area contributed by atoms with Crippen LogP contribution in [0.3, 0.4) is 0 Å². The first kappa shape index (κ1) is 28.4. The van der Waals surface area contributed by atoms with E-state index in [1.807, 2.05) is 11.8 Å². The molecule has 0 amide bonds. The maximum Gasteiger partial charge on any atom is 0.490 e. The van der Waals surface area contributed by atoms with Gasteiger partial charge in [-0.3, -0.25) is 9.69 Å². The Morgan fingerprint density at radius 2 is 1.77 bits per heavy atom. The van der Waals surface area contributed by atoms with Crippen molar-refractivity contribution in [2.45, 2.75) is 44.1 Å². The Labute approximate surface area is 216 Å². The van der Waals surface area contributed by atoms with Crippen LogP contribution >= 0.6 is 0 Å². The molecule has 1 atom stereocenters. The largest absolute Gasteiger partial charge is 0.490 e. The molecule has 0 aliphatic carbocycles. The summed E-state index contributed by atoms with van der Waals surface area (Å²) in [6, 6.07) is 1.07. The smallest absolute Gasteiger partial charge is 0.485 e. The molecule has 2 N–H and O–H groups in total. The number of hydrogen-bond donors (Lipinski definition) is 2. The zero-order valence-corrected chi connectivity index (χ0v) is 20.3. The summed E-state index contributed by atoms with van der Waals surface area (Å²) < 4.78 is 84.7. The lowest BCUT2D eigenvalue weighted by Crippen LogP contribution is -2.54. The van der Waals surface area contributed by atoms with Crippen molar-refractivity contribution in [2.24, 2.45) is 0 Å². The quantitative estimate of drug-likeness (QED) is 0.358. The van der Waals surface area contributed by atoms with Crippen LogP contribution in [0.2, 0.25) is 0 Å². The number of rotatable bonds is 5. The van der Waals surface area contributed by atoms with Crippen molar-refractivity contribution in [2.75, 3.05) is 26.3 Å². The van der Waals surface area contributed by atoms with E-state index in [-0.39, 0.29) is 29.5 Å². The number of fused-ring (bicyclic) bond motifs is 1. The third kappa shape index (κ3) is 6.33. The molecule has 0 saturated carbocycles. The summed E-state index contributed by atoms with van der Waals surface area (Å²) in [5, 5.41) is 12.0. The average molecular weight is 563 g/mol. The lowest BCUT2D eigenvalue weighted by atomic mass is 10.1. The first-order chi connectivity index (χ1) is 18.3. The summed E-state index contributed by atoms with van der Waals surface area (Å²) in [6.07, 6.45) is -2.32. The van der Waals surface area contributed by atoms with Crippen molar-refractivity contribution in [1.29, 1.82) is 0 Å². The molecular weight excluding hydrogens is 540 g/mol. The number of H-pyrrole nitrogens is 1. The van der Waals surface area contributed by atoms with E-state index in [1.54, 1.807) is 4.68 Å². The van der Waals surface area contributed by atoms with Gasteiger partial charge in [0.15, 0.2) is 28.8 Å². The Morgan fingerprint density at radius 3 is 2.38 bits per heavy atom. The van der Waals surface area contributed by atoms with E-state index in [0.29, 0.717) is 55.3 Å². The number of aromatic amines is 1. The third-order valence-electron chi connectivity index (χ3n) is 6.35. The lowest BCUT2D eigenvalue weighted by Gasteiger charge is -2.42. The van der Waals surface area contributed by atoms with Crippen LogP contribution in [0.25, 0.3) is 11.0 Å². The Kier molecular flexibility index (Phi) is 8.15. The van der Waals surface area contributed by atoms with Crippen LogP contribution in [0.1, 0.15) is 37.7 Å². The summed E-state index contributed by atoms with van der Waals surface area (Å²) >= 11 is 0. The molecule has 4 heterocycles. The molecule has 16 heteroatoms. The summed E-state index contributed by atoms with van der Waals surface area (Å²) in [5.41, 5.74) is 0.284. The minimum absolute atomic E-state index is 0.131. The second-order valence-electron chi connectivity index (χ2n) is 8.99. The second kappa shape index (κ2) is 11.2. The molecule has 212 valence electrons. The minimum Gasteiger partial charge on any atom is -0.485 e. The van der Waals surface area contributed by atoms with Crippen LogP contribution < -0.4 is 10.3 Å². The summed E-state index contributed by atoms with van der Waals surface area (Å²) in [7, 11) is 0. The maximum atomic E-state index is 13.8. The average Bonchev–Trinajstić information content (AvgIpc) is 3.29. The molecule has 0 bridgehead atoms. The molecule has 2 aliphatic rings. The van der Waals surface area contributed by atoms with E-state index in [4.69, 9.17) is 19.4 Å². The number of hydrogen-bond acceptors (Lipinski definition) is 7. The Hall–Kier alpha value is -3.66. The SMILES string of the molecule is CC(c1nc2c(cnn2C2CCOCC2)c(=O)[nH]1)N1CC(Oc2cc(F)c(F)cc2F)C1.O=C(O)C(F)(F)F.